The lowest BCUT2D eigenvalue weighted by Gasteiger charge is -2.21. The van der Waals surface area contributed by atoms with Gasteiger partial charge in [0.1, 0.15) is 6.42 Å². The molecule has 2 rings (SSSR count). The molecule has 0 aliphatic rings. The van der Waals surface area contributed by atoms with Gasteiger partial charge in [0, 0.05) is 17.3 Å². The van der Waals surface area contributed by atoms with E-state index in [1.165, 1.54) is 6.21 Å². The summed E-state index contributed by atoms with van der Waals surface area (Å²) in [5.41, 5.74) is 3.74. The van der Waals surface area contributed by atoms with E-state index in [4.69, 9.17) is 16.9 Å². The second kappa shape index (κ2) is 11.1. The van der Waals surface area contributed by atoms with Gasteiger partial charge in [0.2, 0.25) is 21.8 Å². The van der Waals surface area contributed by atoms with Crippen LogP contribution in [0.1, 0.15) is 18.4 Å². The van der Waals surface area contributed by atoms with E-state index in [9.17, 15) is 18.0 Å². The first-order valence-electron chi connectivity index (χ1n) is 9.01. The first kappa shape index (κ1) is 23.9. The van der Waals surface area contributed by atoms with Crippen molar-refractivity contribution in [3.63, 3.8) is 0 Å². The second-order valence-corrected chi connectivity index (χ2v) is 8.71. The lowest BCUT2D eigenvalue weighted by molar-refractivity contribution is -0.126. The van der Waals surface area contributed by atoms with Crippen molar-refractivity contribution in [1.29, 1.82) is 5.26 Å². The van der Waals surface area contributed by atoms with Crippen LogP contribution >= 0.6 is 11.6 Å². The number of carbonyl (C=O) groups excluding carboxylic acids is 2. The smallest absolute Gasteiger partial charge is 0.249 e. The fourth-order valence-corrected chi connectivity index (χ4v) is 3.62. The quantitative estimate of drug-likeness (QED) is 0.336. The zero-order valence-corrected chi connectivity index (χ0v) is 18.2. The number of hydrogen-bond donors (Lipinski definition) is 2. The number of benzene rings is 2. The molecule has 2 N–H and O–H groups in total. The van der Waals surface area contributed by atoms with Gasteiger partial charge in [-0.2, -0.15) is 10.4 Å². The van der Waals surface area contributed by atoms with E-state index in [1.54, 1.807) is 48.5 Å². The van der Waals surface area contributed by atoms with E-state index >= 15 is 0 Å². The van der Waals surface area contributed by atoms with E-state index < -0.39 is 28.3 Å². The summed E-state index contributed by atoms with van der Waals surface area (Å²) in [6.45, 7) is 0.0517. The molecular formula is C20H20ClN5O4S. The Morgan fingerprint density at radius 1 is 1.19 bits per heavy atom. The molecule has 162 valence electrons. The van der Waals surface area contributed by atoms with Crippen LogP contribution in [0, 0.1) is 11.3 Å². The highest BCUT2D eigenvalue weighted by atomic mass is 35.5. The van der Waals surface area contributed by atoms with Gasteiger partial charge in [0.25, 0.3) is 0 Å². The van der Waals surface area contributed by atoms with Crippen LogP contribution in [-0.4, -0.2) is 39.2 Å². The first-order valence-corrected chi connectivity index (χ1v) is 11.2. The normalized spacial score (nSPS) is 11.0. The second-order valence-electron chi connectivity index (χ2n) is 6.36. The number of hydrazone groups is 1. The topological polar surface area (TPSA) is 132 Å². The summed E-state index contributed by atoms with van der Waals surface area (Å²) in [7, 11) is -3.52. The fraction of sp³-hybridized carbons (Fsp3) is 0.200. The molecule has 0 atom stereocenters. The first-order chi connectivity index (χ1) is 14.7. The number of anilines is 2. The number of amides is 2. The van der Waals surface area contributed by atoms with Crippen molar-refractivity contribution in [3.8, 4) is 6.07 Å². The van der Waals surface area contributed by atoms with E-state index in [0.717, 1.165) is 10.6 Å². The number of nitrogens with one attached hydrogen (secondary N) is 2. The Balaban J connectivity index is 1.90. The number of carbonyl (C=O) groups is 2. The number of sulfonamides is 1. The van der Waals surface area contributed by atoms with E-state index in [-0.39, 0.29) is 13.0 Å². The minimum Gasteiger partial charge on any atom is -0.326 e. The Morgan fingerprint density at radius 3 is 2.52 bits per heavy atom. The minimum absolute atomic E-state index is 0.0517. The van der Waals surface area contributed by atoms with Gasteiger partial charge in [0.05, 0.1) is 30.6 Å². The molecule has 0 heterocycles. The fourth-order valence-electron chi connectivity index (χ4n) is 2.50. The van der Waals surface area contributed by atoms with Crippen LogP contribution in [0.3, 0.4) is 0 Å². The van der Waals surface area contributed by atoms with Gasteiger partial charge in [-0.1, -0.05) is 29.8 Å². The molecule has 2 amide bonds. The summed E-state index contributed by atoms with van der Waals surface area (Å²) in [6, 6.07) is 14.8. The monoisotopic (exact) mass is 461 g/mol. The molecule has 0 fully saturated rings. The van der Waals surface area contributed by atoms with Gasteiger partial charge >= 0.3 is 0 Å². The van der Waals surface area contributed by atoms with Crippen molar-refractivity contribution in [2.75, 3.05) is 22.4 Å². The highest BCUT2D eigenvalue weighted by Crippen LogP contribution is 2.18. The van der Waals surface area contributed by atoms with Crippen molar-refractivity contribution in [2.45, 2.75) is 12.8 Å². The summed E-state index contributed by atoms with van der Waals surface area (Å²) < 4.78 is 24.9. The van der Waals surface area contributed by atoms with Crippen LogP contribution in [0.5, 0.6) is 0 Å². The maximum absolute atomic E-state index is 11.9. The van der Waals surface area contributed by atoms with Crippen LogP contribution < -0.4 is 15.0 Å². The van der Waals surface area contributed by atoms with Gasteiger partial charge < -0.3 is 5.32 Å². The average molecular weight is 462 g/mol. The van der Waals surface area contributed by atoms with Gasteiger partial charge in [-0.3, -0.25) is 13.9 Å². The van der Waals surface area contributed by atoms with Gasteiger partial charge in [-0.05, 0) is 35.9 Å². The Kier molecular flexibility index (Phi) is 8.54. The minimum atomic E-state index is -3.52. The van der Waals surface area contributed by atoms with Gasteiger partial charge in [0.15, 0.2) is 0 Å². The number of hydrogen-bond acceptors (Lipinski definition) is 6. The molecule has 31 heavy (non-hydrogen) atoms. The lowest BCUT2D eigenvalue weighted by atomic mass is 10.2. The van der Waals surface area contributed by atoms with Crippen molar-refractivity contribution < 1.29 is 18.0 Å². The molecule has 0 radical (unpaired) electrons. The summed E-state index contributed by atoms with van der Waals surface area (Å²) in [4.78, 5) is 23.7. The predicted molar refractivity (Wildman–Crippen MR) is 119 cm³/mol. The largest absolute Gasteiger partial charge is 0.326 e. The molecule has 0 saturated carbocycles. The molecule has 9 nitrogen and oxygen atoms in total. The Morgan fingerprint density at radius 2 is 1.90 bits per heavy atom. The highest BCUT2D eigenvalue weighted by Gasteiger charge is 2.16. The molecule has 0 aromatic heterocycles. The summed E-state index contributed by atoms with van der Waals surface area (Å²) in [6.07, 6.45) is 2.06. The molecule has 11 heteroatoms. The van der Waals surface area contributed by atoms with Crippen LogP contribution in [0.4, 0.5) is 11.4 Å². The van der Waals surface area contributed by atoms with Crippen molar-refractivity contribution >= 4 is 51.0 Å². The summed E-state index contributed by atoms with van der Waals surface area (Å²) in [5.74, 6) is -1.12. The zero-order valence-electron chi connectivity index (χ0n) is 16.6. The summed E-state index contributed by atoms with van der Waals surface area (Å²) in [5, 5.41) is 15.5. The lowest BCUT2D eigenvalue weighted by Crippen LogP contribution is -2.30. The van der Waals surface area contributed by atoms with Crippen LogP contribution in [-0.2, 0) is 19.6 Å². The number of nitriles is 1. The Labute approximate surface area is 185 Å². The maximum atomic E-state index is 11.9. The number of nitrogens with zero attached hydrogens (tertiary/aromatic N) is 3. The van der Waals surface area contributed by atoms with Crippen LogP contribution in [0.2, 0.25) is 5.02 Å². The van der Waals surface area contributed by atoms with Crippen molar-refractivity contribution in [1.82, 2.24) is 5.43 Å². The molecular weight excluding hydrogens is 442 g/mol. The SMILES string of the molecule is CS(=O)(=O)N(CCC#N)c1ccc(C=NNC(=O)CC(=O)Nc2cccc(Cl)c2)cc1. The number of halogens is 1. The molecule has 0 bridgehead atoms. The average Bonchev–Trinajstić information content (AvgIpc) is 2.68. The number of rotatable bonds is 9. The standard InChI is InChI=1S/C20H20ClN5O4S/c1-31(29,30)26(11-3-10-22)18-8-6-15(7-9-18)14-23-25-20(28)13-19(27)24-17-5-2-4-16(21)12-17/h2,4-9,12,14H,3,11,13H2,1H3,(H,24,27)(H,25,28). The Bertz CT molecular complexity index is 1110. The molecule has 0 saturated heterocycles. The molecule has 0 unspecified atom stereocenters. The van der Waals surface area contributed by atoms with E-state index in [0.29, 0.717) is 22.0 Å². The van der Waals surface area contributed by atoms with E-state index in [2.05, 4.69) is 15.8 Å². The van der Waals surface area contributed by atoms with Crippen LogP contribution in [0.15, 0.2) is 53.6 Å². The third-order valence-corrected chi connectivity index (χ3v) is 5.27. The highest BCUT2D eigenvalue weighted by molar-refractivity contribution is 7.92. The molecule has 2 aromatic rings. The third-order valence-electron chi connectivity index (χ3n) is 3.84. The predicted octanol–water partition coefficient (Wildman–Crippen LogP) is 2.50. The van der Waals surface area contributed by atoms with Crippen molar-refractivity contribution in [2.24, 2.45) is 5.10 Å². The molecule has 0 spiro atoms. The third kappa shape index (κ3) is 8.08. The zero-order chi connectivity index (χ0) is 22.9. The Hall–Kier alpha value is -3.42. The molecule has 2 aromatic carbocycles. The van der Waals surface area contributed by atoms with Crippen LogP contribution in [0.25, 0.3) is 0 Å². The van der Waals surface area contributed by atoms with E-state index in [1.807, 2.05) is 6.07 Å². The molecule has 0 aliphatic carbocycles. The molecule has 0 aliphatic heterocycles. The maximum Gasteiger partial charge on any atom is 0.249 e. The van der Waals surface area contributed by atoms with Gasteiger partial charge in [-0.15, -0.1) is 0 Å². The summed E-state index contributed by atoms with van der Waals surface area (Å²) >= 11 is 5.84. The van der Waals surface area contributed by atoms with Gasteiger partial charge in [-0.25, -0.2) is 13.8 Å². The van der Waals surface area contributed by atoms with Crippen molar-refractivity contribution in [3.05, 3.63) is 59.1 Å².